The first-order chi connectivity index (χ1) is 12.1. The molecule has 1 fully saturated rings. The van der Waals surface area contributed by atoms with E-state index in [2.05, 4.69) is 6.92 Å². The van der Waals surface area contributed by atoms with E-state index in [4.69, 9.17) is 9.47 Å². The summed E-state index contributed by atoms with van der Waals surface area (Å²) < 4.78 is 22.9. The van der Waals surface area contributed by atoms with Crippen LogP contribution < -0.4 is 9.47 Å². The summed E-state index contributed by atoms with van der Waals surface area (Å²) >= 11 is 0. The summed E-state index contributed by atoms with van der Waals surface area (Å²) in [5, 5.41) is 0. The van der Waals surface area contributed by atoms with Crippen LogP contribution in [0.25, 0.3) is 0 Å². The molecular weight excluding hydrogens is 335 g/mol. The molecule has 0 spiro atoms. The Hall–Kier alpha value is -1.41. The summed E-state index contributed by atoms with van der Waals surface area (Å²) in [6.45, 7) is 2.15. The van der Waals surface area contributed by atoms with Crippen molar-refractivity contribution < 1.29 is 18.8 Å². The van der Waals surface area contributed by atoms with Crippen molar-refractivity contribution in [3.8, 4) is 11.5 Å². The number of rotatable bonds is 10. The van der Waals surface area contributed by atoms with E-state index < -0.39 is 5.41 Å². The van der Waals surface area contributed by atoms with Crippen molar-refractivity contribution in [1.29, 1.82) is 0 Å². The maximum Gasteiger partial charge on any atom is 0.177 e. The van der Waals surface area contributed by atoms with Crippen LogP contribution in [-0.2, 0) is 4.57 Å². The van der Waals surface area contributed by atoms with Crippen LogP contribution in [0, 0.1) is 5.41 Å². The number of ketones is 1. The zero-order valence-electron chi connectivity index (χ0n) is 15.5. The highest BCUT2D eigenvalue weighted by Crippen LogP contribution is 2.51. The molecule has 0 amide bonds. The van der Waals surface area contributed by atoms with Crippen molar-refractivity contribution >= 4 is 14.2 Å². The zero-order chi connectivity index (χ0) is 18.3. The first kappa shape index (κ1) is 19.9. The summed E-state index contributed by atoms with van der Waals surface area (Å²) in [6, 6.07) is 5.40. The van der Waals surface area contributed by atoms with E-state index >= 15 is 0 Å². The normalized spacial score (nSPS) is 17.4. The number of hydrogen-bond donors (Lipinski definition) is 0. The van der Waals surface area contributed by atoms with Gasteiger partial charge in [-0.1, -0.05) is 45.1 Å². The van der Waals surface area contributed by atoms with Crippen LogP contribution >= 0.6 is 8.46 Å². The molecule has 25 heavy (non-hydrogen) atoms. The smallest absolute Gasteiger partial charge is 0.177 e. The SMILES string of the molecule is CCCCCC(P=O)C1(C(=O)c2c(OC)cccc2OC)CCCC1. The van der Waals surface area contributed by atoms with E-state index in [0.717, 1.165) is 51.4 Å². The summed E-state index contributed by atoms with van der Waals surface area (Å²) in [4.78, 5) is 13.7. The fourth-order valence-electron chi connectivity index (χ4n) is 4.06. The van der Waals surface area contributed by atoms with Gasteiger partial charge < -0.3 is 9.47 Å². The molecule has 5 heteroatoms. The van der Waals surface area contributed by atoms with Gasteiger partial charge in [0.25, 0.3) is 0 Å². The van der Waals surface area contributed by atoms with E-state index in [9.17, 15) is 9.36 Å². The number of ether oxygens (including phenoxy) is 2. The molecule has 0 heterocycles. The lowest BCUT2D eigenvalue weighted by Crippen LogP contribution is -2.38. The van der Waals surface area contributed by atoms with Gasteiger partial charge in [0.1, 0.15) is 17.1 Å². The fraction of sp³-hybridized carbons (Fsp3) is 0.650. The Morgan fingerprint density at radius 3 is 2.24 bits per heavy atom. The quantitative estimate of drug-likeness (QED) is 0.304. The number of unbranched alkanes of at least 4 members (excludes halogenated alkanes) is 2. The van der Waals surface area contributed by atoms with Crippen LogP contribution in [0.3, 0.4) is 0 Å². The third kappa shape index (κ3) is 4.06. The van der Waals surface area contributed by atoms with Crippen LogP contribution in [-0.4, -0.2) is 25.7 Å². The molecule has 1 unspecified atom stereocenters. The van der Waals surface area contributed by atoms with Gasteiger partial charge in [-0.05, 0) is 31.4 Å². The minimum atomic E-state index is -0.570. The highest BCUT2D eigenvalue weighted by atomic mass is 31.1. The lowest BCUT2D eigenvalue weighted by molar-refractivity contribution is 0.0778. The standard InChI is InChI=1S/C20H29O4P/c1-4-5-6-12-17(25-22)20(13-7-8-14-20)19(21)18-15(23-2)10-9-11-16(18)24-3/h9-11,17H,4-8,12-14H2,1-3H3. The van der Waals surface area contributed by atoms with Crippen LogP contribution in [0.1, 0.15) is 68.6 Å². The summed E-state index contributed by atoms with van der Waals surface area (Å²) in [6.07, 6.45) is 7.64. The first-order valence-corrected chi connectivity index (χ1v) is 10.1. The maximum atomic E-state index is 13.7. The third-order valence-electron chi connectivity index (χ3n) is 5.45. The zero-order valence-corrected chi connectivity index (χ0v) is 16.4. The van der Waals surface area contributed by atoms with Crippen LogP contribution in [0.2, 0.25) is 0 Å². The van der Waals surface area contributed by atoms with Crippen molar-refractivity contribution in [1.82, 2.24) is 0 Å². The van der Waals surface area contributed by atoms with Gasteiger partial charge in [0.05, 0.1) is 19.9 Å². The van der Waals surface area contributed by atoms with Gasteiger partial charge in [-0.3, -0.25) is 9.36 Å². The molecule has 1 aromatic rings. The van der Waals surface area contributed by atoms with E-state index in [-0.39, 0.29) is 19.9 Å². The molecule has 0 N–H and O–H groups in total. The molecule has 1 saturated carbocycles. The van der Waals surface area contributed by atoms with Gasteiger partial charge in [0.15, 0.2) is 14.2 Å². The second-order valence-corrected chi connectivity index (χ2v) is 7.68. The fourth-order valence-corrected chi connectivity index (χ4v) is 4.92. The van der Waals surface area contributed by atoms with Crippen LogP contribution in [0.5, 0.6) is 11.5 Å². The molecule has 1 aliphatic rings. The van der Waals surface area contributed by atoms with Gasteiger partial charge in [0.2, 0.25) is 0 Å². The average Bonchev–Trinajstić information content (AvgIpc) is 3.14. The molecule has 4 nitrogen and oxygen atoms in total. The van der Waals surface area contributed by atoms with Gasteiger partial charge in [-0.25, -0.2) is 0 Å². The lowest BCUT2D eigenvalue weighted by Gasteiger charge is -2.33. The Labute approximate surface area is 152 Å². The molecule has 0 saturated heterocycles. The Morgan fingerprint density at radius 1 is 1.16 bits per heavy atom. The monoisotopic (exact) mass is 364 g/mol. The van der Waals surface area contributed by atoms with Crippen molar-refractivity contribution in [2.45, 2.75) is 63.9 Å². The lowest BCUT2D eigenvalue weighted by atomic mass is 9.73. The number of Topliss-reactive ketones (excluding diaryl/α,β-unsaturated/α-hetero) is 1. The van der Waals surface area contributed by atoms with E-state index in [1.807, 2.05) is 6.07 Å². The molecule has 0 aromatic heterocycles. The van der Waals surface area contributed by atoms with Crippen LogP contribution in [0.4, 0.5) is 0 Å². The second kappa shape index (κ2) is 9.33. The topological polar surface area (TPSA) is 52.6 Å². The number of benzene rings is 1. The van der Waals surface area contributed by atoms with Gasteiger partial charge in [0, 0.05) is 5.41 Å². The molecule has 2 rings (SSSR count). The van der Waals surface area contributed by atoms with Gasteiger partial charge in [-0.2, -0.15) is 0 Å². The molecule has 1 atom stereocenters. The average molecular weight is 364 g/mol. The molecule has 0 bridgehead atoms. The first-order valence-electron chi connectivity index (χ1n) is 9.22. The van der Waals surface area contributed by atoms with E-state index in [1.54, 1.807) is 26.4 Å². The van der Waals surface area contributed by atoms with Crippen molar-refractivity contribution in [3.05, 3.63) is 23.8 Å². The number of hydrogen-bond acceptors (Lipinski definition) is 4. The van der Waals surface area contributed by atoms with Crippen molar-refractivity contribution in [3.63, 3.8) is 0 Å². The third-order valence-corrected chi connectivity index (χ3v) is 6.46. The second-order valence-electron chi connectivity index (χ2n) is 6.85. The Bertz CT molecular complexity index is 571. The molecule has 0 aliphatic heterocycles. The minimum Gasteiger partial charge on any atom is -0.496 e. The molecule has 1 aliphatic carbocycles. The van der Waals surface area contributed by atoms with E-state index in [0.29, 0.717) is 17.1 Å². The predicted molar refractivity (Wildman–Crippen MR) is 100 cm³/mol. The Morgan fingerprint density at radius 2 is 1.76 bits per heavy atom. The summed E-state index contributed by atoms with van der Waals surface area (Å²) in [5.74, 6) is 1.10. The minimum absolute atomic E-state index is 0.0316. The van der Waals surface area contributed by atoms with E-state index in [1.165, 1.54) is 0 Å². The Balaban J connectivity index is 2.43. The predicted octanol–water partition coefficient (Wildman–Crippen LogP) is 5.69. The summed E-state index contributed by atoms with van der Waals surface area (Å²) in [7, 11) is 3.21. The van der Waals surface area contributed by atoms with Gasteiger partial charge >= 0.3 is 0 Å². The van der Waals surface area contributed by atoms with Gasteiger partial charge in [-0.15, -0.1) is 0 Å². The summed E-state index contributed by atoms with van der Waals surface area (Å²) in [5.41, 5.74) is -0.207. The number of carbonyl (C=O) groups excluding carboxylic acids is 1. The number of methoxy groups -OCH3 is 2. The van der Waals surface area contributed by atoms with Crippen molar-refractivity contribution in [2.75, 3.05) is 14.2 Å². The Kier molecular flexibility index (Phi) is 7.43. The highest BCUT2D eigenvalue weighted by Gasteiger charge is 2.49. The molecule has 138 valence electrons. The highest BCUT2D eigenvalue weighted by molar-refractivity contribution is 7.24. The van der Waals surface area contributed by atoms with Crippen molar-refractivity contribution in [2.24, 2.45) is 5.41 Å². The maximum absolute atomic E-state index is 13.7. The molecule has 1 aromatic carbocycles. The number of carbonyl (C=O) groups is 1. The molecular formula is C20H29O4P. The molecule has 0 radical (unpaired) electrons. The van der Waals surface area contributed by atoms with Crippen LogP contribution in [0.15, 0.2) is 18.2 Å². The largest absolute Gasteiger partial charge is 0.496 e.